The van der Waals surface area contributed by atoms with Crippen molar-refractivity contribution in [2.24, 2.45) is 5.73 Å². The average Bonchev–Trinajstić information content (AvgIpc) is 2.66. The summed E-state index contributed by atoms with van der Waals surface area (Å²) >= 11 is 12.1. The van der Waals surface area contributed by atoms with Gasteiger partial charge in [0.25, 0.3) is 0 Å². The van der Waals surface area contributed by atoms with Gasteiger partial charge in [0, 0.05) is 42.8 Å². The van der Waals surface area contributed by atoms with Crippen molar-refractivity contribution < 1.29 is 9.18 Å². The molecular weight excluding hydrogens is 388 g/mol. The second kappa shape index (κ2) is 9.02. The molecule has 0 bridgehead atoms. The third-order valence-electron chi connectivity index (χ3n) is 4.78. The van der Waals surface area contributed by atoms with Crippen LogP contribution >= 0.6 is 23.2 Å². The van der Waals surface area contributed by atoms with Gasteiger partial charge in [-0.3, -0.25) is 9.69 Å². The van der Waals surface area contributed by atoms with Crippen molar-refractivity contribution >= 4 is 29.1 Å². The van der Waals surface area contributed by atoms with E-state index in [2.05, 4.69) is 4.90 Å². The second-order valence-corrected chi connectivity index (χ2v) is 7.62. The van der Waals surface area contributed by atoms with E-state index in [0.717, 1.165) is 30.8 Å². The van der Waals surface area contributed by atoms with Gasteiger partial charge >= 0.3 is 0 Å². The minimum Gasteiger partial charge on any atom is -0.339 e. The van der Waals surface area contributed by atoms with E-state index in [1.807, 2.05) is 0 Å². The Balaban J connectivity index is 1.50. The summed E-state index contributed by atoms with van der Waals surface area (Å²) in [5.41, 5.74) is 8.00. The van der Waals surface area contributed by atoms with Crippen LogP contribution in [-0.2, 0) is 17.8 Å². The topological polar surface area (TPSA) is 49.6 Å². The maximum Gasteiger partial charge on any atom is 0.239 e. The predicted octanol–water partition coefficient (Wildman–Crippen LogP) is 3.35. The number of benzene rings is 2. The summed E-state index contributed by atoms with van der Waals surface area (Å²) in [6, 6.07) is 11.1. The smallest absolute Gasteiger partial charge is 0.239 e. The number of nitrogens with zero attached hydrogens (tertiary/aromatic N) is 2. The van der Waals surface area contributed by atoms with Gasteiger partial charge in [0.05, 0.1) is 6.04 Å². The maximum absolute atomic E-state index is 13.0. The molecule has 4 nitrogen and oxygen atoms in total. The summed E-state index contributed by atoms with van der Waals surface area (Å²) < 4.78 is 13.0. The molecule has 1 unspecified atom stereocenters. The van der Waals surface area contributed by atoms with Crippen molar-refractivity contribution in [2.75, 3.05) is 26.2 Å². The molecule has 7 heteroatoms. The standard InChI is InChI=1S/C20H22Cl2FN3O/c21-16-4-3-15(18(22)12-16)11-19(24)20(27)26-9-7-25(8-10-26)13-14-1-5-17(23)6-2-14/h1-6,12,19H,7-11,13,24H2. The molecule has 1 saturated heterocycles. The quantitative estimate of drug-likeness (QED) is 0.823. The molecule has 27 heavy (non-hydrogen) atoms. The molecule has 1 atom stereocenters. The van der Waals surface area contributed by atoms with Gasteiger partial charge in [0.1, 0.15) is 5.82 Å². The number of hydrogen-bond acceptors (Lipinski definition) is 3. The zero-order valence-electron chi connectivity index (χ0n) is 14.9. The molecule has 3 rings (SSSR count). The Hall–Kier alpha value is -1.66. The van der Waals surface area contributed by atoms with E-state index < -0.39 is 6.04 Å². The van der Waals surface area contributed by atoms with Gasteiger partial charge in [-0.2, -0.15) is 0 Å². The van der Waals surface area contributed by atoms with Crippen LogP contribution in [0.4, 0.5) is 4.39 Å². The lowest BCUT2D eigenvalue weighted by Crippen LogP contribution is -2.53. The summed E-state index contributed by atoms with van der Waals surface area (Å²) in [7, 11) is 0. The van der Waals surface area contributed by atoms with E-state index in [9.17, 15) is 9.18 Å². The zero-order valence-corrected chi connectivity index (χ0v) is 16.4. The zero-order chi connectivity index (χ0) is 19.4. The first-order valence-electron chi connectivity index (χ1n) is 8.87. The first kappa shape index (κ1) is 20.1. The van der Waals surface area contributed by atoms with Crippen LogP contribution in [0, 0.1) is 5.82 Å². The molecule has 0 aromatic heterocycles. The van der Waals surface area contributed by atoms with Crippen LogP contribution in [-0.4, -0.2) is 47.9 Å². The van der Waals surface area contributed by atoms with E-state index in [1.54, 1.807) is 35.2 Å². The van der Waals surface area contributed by atoms with Gasteiger partial charge in [-0.15, -0.1) is 0 Å². The van der Waals surface area contributed by atoms with E-state index >= 15 is 0 Å². The van der Waals surface area contributed by atoms with Gasteiger partial charge in [-0.05, 0) is 41.8 Å². The number of carbonyl (C=O) groups excluding carboxylic acids is 1. The van der Waals surface area contributed by atoms with Gasteiger partial charge in [-0.1, -0.05) is 41.4 Å². The lowest BCUT2D eigenvalue weighted by Gasteiger charge is -2.36. The van der Waals surface area contributed by atoms with Crippen molar-refractivity contribution in [1.82, 2.24) is 9.80 Å². The maximum atomic E-state index is 13.0. The molecule has 2 aromatic carbocycles. The van der Waals surface area contributed by atoms with E-state index in [0.29, 0.717) is 29.6 Å². The van der Waals surface area contributed by atoms with Crippen LogP contribution in [0.5, 0.6) is 0 Å². The fourth-order valence-electron chi connectivity index (χ4n) is 3.22. The van der Waals surface area contributed by atoms with Gasteiger partial charge in [0.15, 0.2) is 0 Å². The number of halogens is 3. The number of amides is 1. The third kappa shape index (κ3) is 5.42. The molecule has 0 spiro atoms. The van der Waals surface area contributed by atoms with E-state index in [1.165, 1.54) is 12.1 Å². The molecule has 2 aromatic rings. The Morgan fingerprint density at radius 3 is 2.37 bits per heavy atom. The summed E-state index contributed by atoms with van der Waals surface area (Å²) in [6.07, 6.45) is 0.380. The van der Waals surface area contributed by atoms with Crippen LogP contribution < -0.4 is 5.73 Å². The molecule has 1 heterocycles. The first-order valence-corrected chi connectivity index (χ1v) is 9.63. The highest BCUT2D eigenvalue weighted by Gasteiger charge is 2.25. The highest BCUT2D eigenvalue weighted by atomic mass is 35.5. The Bertz CT molecular complexity index is 792. The summed E-state index contributed by atoms with van der Waals surface area (Å²) in [5, 5.41) is 1.08. The molecule has 144 valence electrons. The molecule has 2 N–H and O–H groups in total. The average molecular weight is 410 g/mol. The number of carbonyl (C=O) groups is 1. The number of hydrogen-bond donors (Lipinski definition) is 1. The Kier molecular flexibility index (Phi) is 6.71. The molecule has 0 saturated carbocycles. The minimum atomic E-state index is -0.632. The van der Waals surface area contributed by atoms with Crippen LogP contribution in [0.15, 0.2) is 42.5 Å². The lowest BCUT2D eigenvalue weighted by molar-refractivity contribution is -0.134. The summed E-state index contributed by atoms with van der Waals surface area (Å²) in [6.45, 7) is 3.52. The highest BCUT2D eigenvalue weighted by molar-refractivity contribution is 6.35. The van der Waals surface area contributed by atoms with Crippen molar-refractivity contribution in [1.29, 1.82) is 0 Å². The van der Waals surface area contributed by atoms with Crippen LogP contribution in [0.3, 0.4) is 0 Å². The van der Waals surface area contributed by atoms with Gasteiger partial charge < -0.3 is 10.6 Å². The second-order valence-electron chi connectivity index (χ2n) is 6.77. The molecule has 0 radical (unpaired) electrons. The number of rotatable bonds is 5. The molecule has 1 amide bonds. The van der Waals surface area contributed by atoms with E-state index in [4.69, 9.17) is 28.9 Å². The van der Waals surface area contributed by atoms with E-state index in [-0.39, 0.29) is 11.7 Å². The molecular formula is C20H22Cl2FN3O. The number of piperazine rings is 1. The Morgan fingerprint density at radius 1 is 1.07 bits per heavy atom. The van der Waals surface area contributed by atoms with Crippen molar-refractivity contribution in [3.63, 3.8) is 0 Å². The predicted molar refractivity (Wildman–Crippen MR) is 106 cm³/mol. The SMILES string of the molecule is NC(Cc1ccc(Cl)cc1Cl)C(=O)N1CCN(Cc2ccc(F)cc2)CC1. The van der Waals surface area contributed by atoms with Crippen LogP contribution in [0.25, 0.3) is 0 Å². The highest BCUT2D eigenvalue weighted by Crippen LogP contribution is 2.22. The molecule has 1 fully saturated rings. The molecule has 0 aliphatic carbocycles. The fourth-order valence-corrected chi connectivity index (χ4v) is 3.71. The molecule has 1 aliphatic heterocycles. The summed E-state index contributed by atoms with van der Waals surface area (Å²) in [4.78, 5) is 16.7. The van der Waals surface area contributed by atoms with Gasteiger partial charge in [-0.25, -0.2) is 4.39 Å². The van der Waals surface area contributed by atoms with Gasteiger partial charge in [0.2, 0.25) is 5.91 Å². The normalized spacial score (nSPS) is 16.4. The largest absolute Gasteiger partial charge is 0.339 e. The van der Waals surface area contributed by atoms with Crippen molar-refractivity contribution in [3.05, 3.63) is 69.5 Å². The first-order chi connectivity index (χ1) is 12.9. The van der Waals surface area contributed by atoms with Crippen LogP contribution in [0.2, 0.25) is 10.0 Å². The summed E-state index contributed by atoms with van der Waals surface area (Å²) in [5.74, 6) is -0.300. The van der Waals surface area contributed by atoms with Crippen molar-refractivity contribution in [3.8, 4) is 0 Å². The molecule has 1 aliphatic rings. The third-order valence-corrected chi connectivity index (χ3v) is 5.36. The Morgan fingerprint density at radius 2 is 1.74 bits per heavy atom. The fraction of sp³-hybridized carbons (Fsp3) is 0.350. The minimum absolute atomic E-state index is 0.0672. The Labute approximate surface area is 168 Å². The number of nitrogens with two attached hydrogens (primary N) is 1. The van der Waals surface area contributed by atoms with Crippen LogP contribution in [0.1, 0.15) is 11.1 Å². The lowest BCUT2D eigenvalue weighted by atomic mass is 10.0. The van der Waals surface area contributed by atoms with Crippen molar-refractivity contribution in [2.45, 2.75) is 19.0 Å². The monoisotopic (exact) mass is 409 g/mol.